The van der Waals surface area contributed by atoms with Gasteiger partial charge < -0.3 is 0 Å². The van der Waals surface area contributed by atoms with Crippen molar-refractivity contribution in [3.63, 3.8) is 0 Å². The van der Waals surface area contributed by atoms with Crippen LogP contribution in [0.15, 0.2) is 176 Å². The van der Waals surface area contributed by atoms with Crippen molar-refractivity contribution in [2.45, 2.75) is 0 Å². The van der Waals surface area contributed by atoms with Gasteiger partial charge in [0.15, 0.2) is 0 Å². The zero-order valence-electron chi connectivity index (χ0n) is 26.2. The highest BCUT2D eigenvalue weighted by molar-refractivity contribution is 6.33. The van der Waals surface area contributed by atoms with Gasteiger partial charge in [0.2, 0.25) is 0 Å². The van der Waals surface area contributed by atoms with Crippen molar-refractivity contribution < 1.29 is 0 Å². The van der Waals surface area contributed by atoms with Crippen LogP contribution < -0.4 is 0 Å². The Bertz CT molecular complexity index is 2810. The van der Waals surface area contributed by atoms with Gasteiger partial charge in [0.25, 0.3) is 0 Å². The van der Waals surface area contributed by atoms with E-state index in [2.05, 4.69) is 176 Å². The topological polar surface area (TPSA) is 12.9 Å². The van der Waals surface area contributed by atoms with Gasteiger partial charge in [-0.3, -0.25) is 0 Å². The molecule has 0 amide bonds. The summed E-state index contributed by atoms with van der Waals surface area (Å²) in [5.74, 6) is 0. The van der Waals surface area contributed by atoms with Crippen molar-refractivity contribution in [2.75, 3.05) is 0 Å². The van der Waals surface area contributed by atoms with Crippen LogP contribution >= 0.6 is 0 Å². The van der Waals surface area contributed by atoms with Crippen molar-refractivity contribution >= 4 is 64.8 Å². The van der Waals surface area contributed by atoms with Crippen molar-refractivity contribution in [1.29, 1.82) is 0 Å². The molecule has 0 aliphatic rings. The van der Waals surface area contributed by atoms with Crippen LogP contribution in [0.25, 0.3) is 98.3 Å². The third-order valence-electron chi connectivity index (χ3n) is 10.0. The van der Waals surface area contributed by atoms with Crippen LogP contribution in [0.4, 0.5) is 0 Å². The summed E-state index contributed by atoms with van der Waals surface area (Å²) in [6, 6.07) is 63.8. The van der Waals surface area contributed by atoms with Gasteiger partial charge in [-0.25, -0.2) is 4.98 Å². The van der Waals surface area contributed by atoms with E-state index in [1.165, 1.54) is 81.5 Å². The summed E-state index contributed by atoms with van der Waals surface area (Å²) in [7, 11) is 0. The lowest BCUT2D eigenvalue weighted by Crippen LogP contribution is -1.93. The number of pyridine rings is 1. The first kappa shape index (κ1) is 26.9. The summed E-state index contributed by atoms with van der Waals surface area (Å²) in [5, 5.41) is 13.7. The Kier molecular flexibility index (Phi) is 5.94. The second-order valence-corrected chi connectivity index (χ2v) is 12.6. The summed E-state index contributed by atoms with van der Waals surface area (Å²) in [4.78, 5) is 5.38. The van der Waals surface area contributed by atoms with Gasteiger partial charge in [-0.1, -0.05) is 170 Å². The molecule has 0 N–H and O–H groups in total. The molecule has 0 saturated heterocycles. The Morgan fingerprint density at radius 3 is 1.17 bits per heavy atom. The number of aromatic nitrogens is 1. The molecule has 48 heavy (non-hydrogen) atoms. The van der Waals surface area contributed by atoms with Crippen LogP contribution in [-0.4, -0.2) is 4.98 Å². The number of hydrogen-bond donors (Lipinski definition) is 0. The van der Waals surface area contributed by atoms with Crippen LogP contribution in [0, 0.1) is 0 Å². The van der Waals surface area contributed by atoms with Crippen molar-refractivity contribution in [3.8, 4) is 33.5 Å². The number of nitrogens with zero attached hydrogens (tertiary/aromatic N) is 1. The van der Waals surface area contributed by atoms with E-state index in [1.54, 1.807) is 0 Å². The molecule has 0 spiro atoms. The smallest absolute Gasteiger partial charge is 0.0794 e. The van der Waals surface area contributed by atoms with E-state index in [0.717, 1.165) is 16.8 Å². The van der Waals surface area contributed by atoms with E-state index in [4.69, 9.17) is 4.98 Å². The van der Waals surface area contributed by atoms with Crippen LogP contribution in [0.5, 0.6) is 0 Å². The predicted molar refractivity (Wildman–Crippen MR) is 206 cm³/mol. The average Bonchev–Trinajstić information content (AvgIpc) is 3.17. The lowest BCUT2D eigenvalue weighted by atomic mass is 9.85. The minimum absolute atomic E-state index is 1.01. The monoisotopic (exact) mass is 607 g/mol. The number of hydrogen-bond acceptors (Lipinski definition) is 1. The fraction of sp³-hybridized carbons (Fsp3) is 0. The zero-order chi connectivity index (χ0) is 31.6. The molecule has 222 valence electrons. The molecule has 1 aromatic heterocycles. The van der Waals surface area contributed by atoms with E-state index in [1.807, 2.05) is 0 Å². The van der Waals surface area contributed by atoms with Crippen LogP contribution in [0.2, 0.25) is 0 Å². The molecule has 10 rings (SSSR count). The van der Waals surface area contributed by atoms with Crippen molar-refractivity contribution in [3.05, 3.63) is 176 Å². The normalized spacial score (nSPS) is 11.8. The Balaban J connectivity index is 1.25. The molecule has 0 aliphatic heterocycles. The molecule has 1 heterocycles. The van der Waals surface area contributed by atoms with Crippen LogP contribution in [-0.2, 0) is 0 Å². The predicted octanol–water partition coefficient (Wildman–Crippen LogP) is 13.0. The van der Waals surface area contributed by atoms with Gasteiger partial charge in [-0.2, -0.15) is 0 Å². The first-order chi connectivity index (χ1) is 23.8. The van der Waals surface area contributed by atoms with E-state index in [9.17, 15) is 0 Å². The molecule has 9 aromatic carbocycles. The minimum Gasteiger partial charge on any atom is -0.247 e. The average molecular weight is 608 g/mol. The number of benzene rings is 9. The Labute approximate surface area is 278 Å². The first-order valence-electron chi connectivity index (χ1n) is 16.6. The molecular weight excluding hydrogens is 579 g/mol. The second-order valence-electron chi connectivity index (χ2n) is 12.6. The van der Waals surface area contributed by atoms with Gasteiger partial charge in [-0.15, -0.1) is 0 Å². The maximum atomic E-state index is 5.38. The Morgan fingerprint density at radius 1 is 0.250 bits per heavy atom. The van der Waals surface area contributed by atoms with Crippen LogP contribution in [0.1, 0.15) is 0 Å². The molecule has 0 aliphatic carbocycles. The largest absolute Gasteiger partial charge is 0.247 e. The molecular formula is C47H29N. The lowest BCUT2D eigenvalue weighted by Gasteiger charge is -2.18. The highest BCUT2D eigenvalue weighted by Crippen LogP contribution is 2.45. The third kappa shape index (κ3) is 3.95. The molecule has 0 atom stereocenters. The third-order valence-corrected chi connectivity index (χ3v) is 10.0. The number of fused-ring (bicyclic) bond motifs is 10. The fourth-order valence-electron chi connectivity index (χ4n) is 7.98. The van der Waals surface area contributed by atoms with Gasteiger partial charge in [0, 0.05) is 21.7 Å². The Hall–Kier alpha value is -6.31. The zero-order valence-corrected chi connectivity index (χ0v) is 26.2. The highest BCUT2D eigenvalue weighted by atomic mass is 14.7. The fourth-order valence-corrected chi connectivity index (χ4v) is 7.98. The number of rotatable bonds is 3. The summed E-state index contributed by atoms with van der Waals surface area (Å²) in [6.45, 7) is 0. The quantitative estimate of drug-likeness (QED) is 0.144. The van der Waals surface area contributed by atoms with Gasteiger partial charge >= 0.3 is 0 Å². The maximum absolute atomic E-state index is 5.38. The number of para-hydroxylation sites is 1. The standard InChI is InChI=1S/C47H29N/c1-2-14-30(15-3-1)43-37-20-8-10-22-39(37)44(40-23-11-9-21-38(40)43)31-26-28-32(29-27-31)47-46-36-19-7-5-17-34(36)33-16-4-6-18-35(33)45(46)41-24-12-13-25-42(41)48-47/h1-29H. The first-order valence-corrected chi connectivity index (χ1v) is 16.6. The van der Waals surface area contributed by atoms with Gasteiger partial charge in [0.1, 0.15) is 0 Å². The maximum Gasteiger partial charge on any atom is 0.0794 e. The van der Waals surface area contributed by atoms with E-state index >= 15 is 0 Å². The molecule has 0 saturated carbocycles. The summed E-state index contributed by atoms with van der Waals surface area (Å²) >= 11 is 0. The lowest BCUT2D eigenvalue weighted by molar-refractivity contribution is 1.43. The summed E-state index contributed by atoms with van der Waals surface area (Å²) in [5.41, 5.74) is 8.13. The second kappa shape index (κ2) is 10.6. The molecule has 0 unspecified atom stereocenters. The van der Waals surface area contributed by atoms with E-state index < -0.39 is 0 Å². The molecule has 0 fully saturated rings. The Morgan fingerprint density at radius 2 is 0.625 bits per heavy atom. The van der Waals surface area contributed by atoms with Crippen LogP contribution in [0.3, 0.4) is 0 Å². The van der Waals surface area contributed by atoms with Gasteiger partial charge in [0.05, 0.1) is 11.2 Å². The minimum atomic E-state index is 1.01. The molecule has 1 nitrogen and oxygen atoms in total. The van der Waals surface area contributed by atoms with Gasteiger partial charge in [-0.05, 0) is 71.4 Å². The van der Waals surface area contributed by atoms with E-state index in [0.29, 0.717) is 0 Å². The summed E-state index contributed by atoms with van der Waals surface area (Å²) in [6.07, 6.45) is 0. The van der Waals surface area contributed by atoms with E-state index in [-0.39, 0.29) is 0 Å². The van der Waals surface area contributed by atoms with Crippen molar-refractivity contribution in [1.82, 2.24) is 4.98 Å². The molecule has 0 bridgehead atoms. The molecule has 10 aromatic rings. The van der Waals surface area contributed by atoms with Crippen molar-refractivity contribution in [2.24, 2.45) is 0 Å². The SMILES string of the molecule is c1ccc(-c2c3ccccc3c(-c3ccc(-c4nc5ccccc5c5c6ccccc6c6ccccc6c45)cc3)c3ccccc23)cc1. The highest BCUT2D eigenvalue weighted by Gasteiger charge is 2.19. The molecule has 1 heteroatoms. The molecule has 0 radical (unpaired) electrons. The summed E-state index contributed by atoms with van der Waals surface area (Å²) < 4.78 is 0.